The van der Waals surface area contributed by atoms with Crippen LogP contribution in [0.1, 0.15) is 23.3 Å². The number of hydrogen-bond donors (Lipinski definition) is 1. The second kappa shape index (κ2) is 9.91. The lowest BCUT2D eigenvalue weighted by molar-refractivity contribution is 0.102. The molecule has 9 heteroatoms. The van der Waals surface area contributed by atoms with Gasteiger partial charge in [-0.2, -0.15) is 0 Å². The van der Waals surface area contributed by atoms with E-state index in [2.05, 4.69) is 20.2 Å². The highest BCUT2D eigenvalue weighted by atomic mass is 19.1. The molecule has 3 aromatic rings. The van der Waals surface area contributed by atoms with Gasteiger partial charge in [0.05, 0.1) is 36.7 Å². The van der Waals surface area contributed by atoms with Crippen molar-refractivity contribution < 1.29 is 23.0 Å². The maximum Gasteiger partial charge on any atom is 0.274 e. The van der Waals surface area contributed by atoms with Crippen LogP contribution in [0, 0.1) is 11.6 Å². The molecule has 0 radical (unpaired) electrons. The number of halogens is 2. The van der Waals surface area contributed by atoms with Crippen molar-refractivity contribution in [3.05, 3.63) is 66.0 Å². The average Bonchev–Trinajstić information content (AvgIpc) is 3.27. The Balaban J connectivity index is 1.64. The minimum Gasteiger partial charge on any atom is -0.496 e. The maximum absolute atomic E-state index is 14.5. The van der Waals surface area contributed by atoms with E-state index in [9.17, 15) is 13.6 Å². The van der Waals surface area contributed by atoms with E-state index in [-0.39, 0.29) is 28.9 Å². The molecule has 33 heavy (non-hydrogen) atoms. The molecule has 4 rings (SSSR count). The van der Waals surface area contributed by atoms with Crippen LogP contribution in [0.15, 0.2) is 48.7 Å². The van der Waals surface area contributed by atoms with Gasteiger partial charge in [0.2, 0.25) is 0 Å². The summed E-state index contributed by atoms with van der Waals surface area (Å²) in [5, 5.41) is 2.75. The van der Waals surface area contributed by atoms with Crippen molar-refractivity contribution in [3.8, 4) is 17.1 Å². The average molecular weight is 454 g/mol. The zero-order valence-corrected chi connectivity index (χ0v) is 18.3. The van der Waals surface area contributed by atoms with E-state index in [1.165, 1.54) is 43.6 Å². The molecule has 1 aromatic heterocycles. The summed E-state index contributed by atoms with van der Waals surface area (Å²) in [7, 11) is 3.05. The zero-order chi connectivity index (χ0) is 23.4. The summed E-state index contributed by atoms with van der Waals surface area (Å²) in [6.45, 7) is 1.30. The Morgan fingerprint density at radius 2 is 2.06 bits per heavy atom. The number of anilines is 2. The molecule has 2 aromatic carbocycles. The molecule has 1 amide bonds. The third-order valence-corrected chi connectivity index (χ3v) is 5.56. The summed E-state index contributed by atoms with van der Waals surface area (Å²) in [6, 6.07) is 10.2. The number of carbonyl (C=O) groups excluding carboxylic acids is 1. The van der Waals surface area contributed by atoms with Crippen LogP contribution < -0.4 is 15.0 Å². The molecule has 1 aliphatic heterocycles. The van der Waals surface area contributed by atoms with Crippen LogP contribution in [0.3, 0.4) is 0 Å². The molecule has 1 aliphatic rings. The molecule has 0 spiro atoms. The van der Waals surface area contributed by atoms with Crippen molar-refractivity contribution in [1.29, 1.82) is 0 Å². The Labute approximate surface area is 190 Å². The Bertz CT molecular complexity index is 1160. The quantitative estimate of drug-likeness (QED) is 0.574. The standard InChI is InChI=1S/C24H24F2N4O3/c1-32-14-16-5-4-12-30(16)20-9-8-15(25)13-19(20)29-24(31)18-10-11-27-23(28-18)22-17(26)6-3-7-21(22)33-2/h3,6-11,13,16H,4-5,12,14H2,1-2H3,(H,29,31)/t16-/m1/s1. The minimum absolute atomic E-state index is 0.00961. The lowest BCUT2D eigenvalue weighted by Gasteiger charge is -2.28. The van der Waals surface area contributed by atoms with E-state index in [0.29, 0.717) is 18.0 Å². The van der Waals surface area contributed by atoms with Crippen molar-refractivity contribution in [3.63, 3.8) is 0 Å². The molecule has 1 atom stereocenters. The molecule has 1 saturated heterocycles. The van der Waals surface area contributed by atoms with Crippen LogP contribution in [0.2, 0.25) is 0 Å². The van der Waals surface area contributed by atoms with E-state index >= 15 is 0 Å². The van der Waals surface area contributed by atoms with E-state index in [1.54, 1.807) is 19.2 Å². The first-order chi connectivity index (χ1) is 16.0. The Hall–Kier alpha value is -3.59. The molecular formula is C24H24F2N4O3. The van der Waals surface area contributed by atoms with Gasteiger partial charge in [-0.05, 0) is 49.2 Å². The van der Waals surface area contributed by atoms with Gasteiger partial charge in [0, 0.05) is 19.9 Å². The highest BCUT2D eigenvalue weighted by Crippen LogP contribution is 2.34. The largest absolute Gasteiger partial charge is 0.496 e. The number of amides is 1. The first kappa shape index (κ1) is 22.6. The molecule has 172 valence electrons. The lowest BCUT2D eigenvalue weighted by atomic mass is 10.1. The summed E-state index contributed by atoms with van der Waals surface area (Å²) < 4.78 is 39.1. The summed E-state index contributed by atoms with van der Waals surface area (Å²) in [4.78, 5) is 23.5. The number of nitrogens with one attached hydrogen (secondary N) is 1. The number of hydrogen-bond acceptors (Lipinski definition) is 6. The normalized spacial score (nSPS) is 15.5. The van der Waals surface area contributed by atoms with Gasteiger partial charge in [0.15, 0.2) is 5.82 Å². The molecule has 7 nitrogen and oxygen atoms in total. The van der Waals surface area contributed by atoms with Gasteiger partial charge in [-0.15, -0.1) is 0 Å². The molecule has 0 bridgehead atoms. The summed E-state index contributed by atoms with van der Waals surface area (Å²) in [6.07, 6.45) is 3.28. The number of benzene rings is 2. The van der Waals surface area contributed by atoms with Crippen molar-refractivity contribution in [2.75, 3.05) is 37.6 Å². The molecular weight excluding hydrogens is 430 g/mol. The highest BCUT2D eigenvalue weighted by Gasteiger charge is 2.27. The molecule has 0 unspecified atom stereocenters. The van der Waals surface area contributed by atoms with Crippen molar-refractivity contribution in [1.82, 2.24) is 9.97 Å². The van der Waals surface area contributed by atoms with E-state index in [0.717, 1.165) is 19.4 Å². The highest BCUT2D eigenvalue weighted by molar-refractivity contribution is 6.05. The topological polar surface area (TPSA) is 76.6 Å². The van der Waals surface area contributed by atoms with Crippen LogP contribution in [0.5, 0.6) is 5.75 Å². The van der Waals surface area contributed by atoms with E-state index < -0.39 is 17.5 Å². The van der Waals surface area contributed by atoms with Crippen molar-refractivity contribution >= 4 is 17.3 Å². The van der Waals surface area contributed by atoms with Crippen LogP contribution >= 0.6 is 0 Å². The van der Waals surface area contributed by atoms with Gasteiger partial charge in [0.25, 0.3) is 5.91 Å². The number of carbonyl (C=O) groups is 1. The second-order valence-corrected chi connectivity index (χ2v) is 7.64. The smallest absolute Gasteiger partial charge is 0.274 e. The van der Waals surface area contributed by atoms with Gasteiger partial charge in [-0.3, -0.25) is 4.79 Å². The van der Waals surface area contributed by atoms with E-state index in [4.69, 9.17) is 9.47 Å². The van der Waals surface area contributed by atoms with Crippen LogP contribution in [-0.4, -0.2) is 49.3 Å². The number of aromatic nitrogens is 2. The van der Waals surface area contributed by atoms with Crippen molar-refractivity contribution in [2.24, 2.45) is 0 Å². The molecule has 1 fully saturated rings. The molecule has 2 heterocycles. The number of ether oxygens (including phenoxy) is 2. The third kappa shape index (κ3) is 4.78. The fourth-order valence-electron chi connectivity index (χ4n) is 4.06. The minimum atomic E-state index is -0.572. The number of methoxy groups -OCH3 is 2. The summed E-state index contributed by atoms with van der Waals surface area (Å²) >= 11 is 0. The first-order valence-electron chi connectivity index (χ1n) is 10.5. The van der Waals surface area contributed by atoms with Crippen molar-refractivity contribution in [2.45, 2.75) is 18.9 Å². The Morgan fingerprint density at radius 1 is 1.21 bits per heavy atom. The fraction of sp³-hybridized carbons (Fsp3) is 0.292. The van der Waals surface area contributed by atoms with Crippen LogP contribution in [-0.2, 0) is 4.74 Å². The molecule has 0 aliphatic carbocycles. The first-order valence-corrected chi connectivity index (χ1v) is 10.5. The number of rotatable bonds is 7. The predicted octanol–water partition coefficient (Wildman–Crippen LogP) is 4.30. The van der Waals surface area contributed by atoms with Gasteiger partial charge in [0.1, 0.15) is 23.1 Å². The van der Waals surface area contributed by atoms with Crippen LogP contribution in [0.25, 0.3) is 11.4 Å². The van der Waals surface area contributed by atoms with Crippen LogP contribution in [0.4, 0.5) is 20.2 Å². The second-order valence-electron chi connectivity index (χ2n) is 7.64. The monoisotopic (exact) mass is 454 g/mol. The maximum atomic E-state index is 14.5. The molecule has 0 saturated carbocycles. The zero-order valence-electron chi connectivity index (χ0n) is 18.3. The fourth-order valence-corrected chi connectivity index (χ4v) is 4.06. The predicted molar refractivity (Wildman–Crippen MR) is 121 cm³/mol. The van der Waals surface area contributed by atoms with E-state index in [1.807, 2.05) is 0 Å². The summed E-state index contributed by atoms with van der Waals surface area (Å²) in [5.74, 6) is -1.35. The summed E-state index contributed by atoms with van der Waals surface area (Å²) in [5.41, 5.74) is 1.09. The Morgan fingerprint density at radius 3 is 2.85 bits per heavy atom. The SMILES string of the molecule is COC[C@H]1CCCN1c1ccc(F)cc1NC(=O)c1ccnc(-c2c(F)cccc2OC)n1. The lowest BCUT2D eigenvalue weighted by Crippen LogP contribution is -2.33. The van der Waals surface area contributed by atoms with Gasteiger partial charge < -0.3 is 19.7 Å². The van der Waals surface area contributed by atoms with Gasteiger partial charge in [-0.1, -0.05) is 6.07 Å². The molecule has 1 N–H and O–H groups in total. The van der Waals surface area contributed by atoms with Gasteiger partial charge >= 0.3 is 0 Å². The number of nitrogens with zero attached hydrogens (tertiary/aromatic N) is 3. The third-order valence-electron chi connectivity index (χ3n) is 5.56. The van der Waals surface area contributed by atoms with Gasteiger partial charge in [-0.25, -0.2) is 18.7 Å². The Kier molecular flexibility index (Phi) is 6.79.